The molecule has 0 aromatic heterocycles. The zero-order valence-electron chi connectivity index (χ0n) is 14.5. The second-order valence-corrected chi connectivity index (χ2v) is 7.23. The predicted molar refractivity (Wildman–Crippen MR) is 94.6 cm³/mol. The standard InChI is InChI=1S/C20H28N2O2/c1-15(23)21-19(18-9-5-6-10-18)20(24)22-13-11-17(12-14-22)16-7-3-2-4-8-16/h2-4,7-8,17-19H,5-6,9-14H2,1H3,(H,21,23). The number of carbonyl (C=O) groups excluding carboxylic acids is 2. The van der Waals surface area contributed by atoms with Gasteiger partial charge in [0.15, 0.2) is 0 Å². The lowest BCUT2D eigenvalue weighted by molar-refractivity contribution is -0.138. The van der Waals surface area contributed by atoms with E-state index in [2.05, 4.69) is 29.6 Å². The second-order valence-electron chi connectivity index (χ2n) is 7.23. The third-order valence-corrected chi connectivity index (χ3v) is 5.57. The Kier molecular flexibility index (Phi) is 5.54. The maximum absolute atomic E-state index is 13.0. The van der Waals surface area contributed by atoms with Gasteiger partial charge in [-0.25, -0.2) is 0 Å². The summed E-state index contributed by atoms with van der Waals surface area (Å²) < 4.78 is 0. The molecule has 1 saturated heterocycles. The highest BCUT2D eigenvalue weighted by atomic mass is 16.2. The molecular weight excluding hydrogens is 300 g/mol. The first kappa shape index (κ1) is 17.0. The zero-order valence-corrected chi connectivity index (χ0v) is 14.5. The van der Waals surface area contributed by atoms with Crippen molar-refractivity contribution in [2.24, 2.45) is 5.92 Å². The number of carbonyl (C=O) groups is 2. The van der Waals surface area contributed by atoms with Crippen molar-refractivity contribution in [1.82, 2.24) is 10.2 Å². The Morgan fingerprint density at radius 3 is 2.25 bits per heavy atom. The highest BCUT2D eigenvalue weighted by molar-refractivity contribution is 5.87. The summed E-state index contributed by atoms with van der Waals surface area (Å²) in [6.07, 6.45) is 6.46. The summed E-state index contributed by atoms with van der Waals surface area (Å²) >= 11 is 0. The fourth-order valence-electron chi connectivity index (χ4n) is 4.25. The van der Waals surface area contributed by atoms with E-state index < -0.39 is 0 Å². The van der Waals surface area contributed by atoms with Gasteiger partial charge in [-0.05, 0) is 43.1 Å². The molecule has 1 aliphatic carbocycles. The molecule has 1 aliphatic heterocycles. The average Bonchev–Trinajstić information content (AvgIpc) is 3.14. The SMILES string of the molecule is CC(=O)NC(C(=O)N1CCC(c2ccccc2)CC1)C1CCCC1. The molecule has 0 spiro atoms. The van der Waals surface area contributed by atoms with Gasteiger partial charge in [-0.2, -0.15) is 0 Å². The molecule has 130 valence electrons. The Labute approximate surface area is 144 Å². The lowest BCUT2D eigenvalue weighted by atomic mass is 9.88. The number of nitrogens with one attached hydrogen (secondary N) is 1. The Hall–Kier alpha value is -1.84. The minimum atomic E-state index is -0.321. The lowest BCUT2D eigenvalue weighted by Crippen LogP contribution is -2.53. The van der Waals surface area contributed by atoms with Crippen LogP contribution in [0.4, 0.5) is 0 Å². The molecule has 1 aromatic rings. The number of nitrogens with zero attached hydrogens (tertiary/aromatic N) is 1. The Morgan fingerprint density at radius 1 is 1.04 bits per heavy atom. The van der Waals surface area contributed by atoms with Gasteiger partial charge in [-0.15, -0.1) is 0 Å². The Bertz CT molecular complexity index is 558. The van der Waals surface area contributed by atoms with Crippen LogP contribution in [0.15, 0.2) is 30.3 Å². The van der Waals surface area contributed by atoms with Crippen LogP contribution in [0.5, 0.6) is 0 Å². The summed E-state index contributed by atoms with van der Waals surface area (Å²) in [4.78, 5) is 26.5. The molecule has 3 rings (SSSR count). The van der Waals surface area contributed by atoms with E-state index in [-0.39, 0.29) is 17.9 Å². The van der Waals surface area contributed by atoms with Gasteiger partial charge in [-0.3, -0.25) is 9.59 Å². The van der Waals surface area contributed by atoms with Crippen LogP contribution in [-0.4, -0.2) is 35.8 Å². The van der Waals surface area contributed by atoms with Crippen LogP contribution in [0, 0.1) is 5.92 Å². The molecule has 4 nitrogen and oxygen atoms in total. The minimum absolute atomic E-state index is 0.0978. The van der Waals surface area contributed by atoms with Crippen molar-refractivity contribution in [3.63, 3.8) is 0 Å². The van der Waals surface area contributed by atoms with Crippen LogP contribution in [-0.2, 0) is 9.59 Å². The number of amides is 2. The van der Waals surface area contributed by atoms with Gasteiger partial charge in [0.25, 0.3) is 0 Å². The number of likely N-dealkylation sites (tertiary alicyclic amines) is 1. The van der Waals surface area contributed by atoms with Gasteiger partial charge in [-0.1, -0.05) is 43.2 Å². The molecule has 4 heteroatoms. The average molecular weight is 328 g/mol. The fraction of sp³-hybridized carbons (Fsp3) is 0.600. The van der Waals surface area contributed by atoms with Crippen LogP contribution >= 0.6 is 0 Å². The first-order valence-electron chi connectivity index (χ1n) is 9.26. The molecule has 1 unspecified atom stereocenters. The summed E-state index contributed by atoms with van der Waals surface area (Å²) in [5.41, 5.74) is 1.37. The summed E-state index contributed by atoms with van der Waals surface area (Å²) in [6, 6.07) is 10.3. The van der Waals surface area contributed by atoms with E-state index in [0.717, 1.165) is 38.8 Å². The van der Waals surface area contributed by atoms with E-state index in [4.69, 9.17) is 0 Å². The summed E-state index contributed by atoms with van der Waals surface area (Å²) in [7, 11) is 0. The topological polar surface area (TPSA) is 49.4 Å². The van der Waals surface area contributed by atoms with Gasteiger partial charge >= 0.3 is 0 Å². The molecule has 1 aromatic carbocycles. The molecule has 2 fully saturated rings. The van der Waals surface area contributed by atoms with E-state index in [0.29, 0.717) is 11.8 Å². The summed E-state index contributed by atoms with van der Waals surface area (Å²) in [5, 5.41) is 2.93. The van der Waals surface area contributed by atoms with Gasteiger partial charge in [0, 0.05) is 20.0 Å². The smallest absolute Gasteiger partial charge is 0.245 e. The van der Waals surface area contributed by atoms with Crippen LogP contribution in [0.3, 0.4) is 0 Å². The largest absolute Gasteiger partial charge is 0.344 e. The second kappa shape index (κ2) is 7.82. The summed E-state index contributed by atoms with van der Waals surface area (Å²) in [6.45, 7) is 3.10. The van der Waals surface area contributed by atoms with E-state index in [1.54, 1.807) is 0 Å². The van der Waals surface area contributed by atoms with E-state index in [1.807, 2.05) is 11.0 Å². The minimum Gasteiger partial charge on any atom is -0.344 e. The van der Waals surface area contributed by atoms with Crippen molar-refractivity contribution in [2.75, 3.05) is 13.1 Å². The van der Waals surface area contributed by atoms with Crippen molar-refractivity contribution >= 4 is 11.8 Å². The molecular formula is C20H28N2O2. The Morgan fingerprint density at radius 2 is 1.67 bits per heavy atom. The van der Waals surface area contributed by atoms with E-state index >= 15 is 0 Å². The molecule has 1 saturated carbocycles. The quantitative estimate of drug-likeness (QED) is 0.923. The van der Waals surface area contributed by atoms with Crippen LogP contribution in [0.25, 0.3) is 0 Å². The van der Waals surface area contributed by atoms with Crippen LogP contribution in [0.1, 0.15) is 56.9 Å². The molecule has 24 heavy (non-hydrogen) atoms. The van der Waals surface area contributed by atoms with E-state index in [1.165, 1.54) is 25.3 Å². The van der Waals surface area contributed by atoms with Crippen LogP contribution in [0.2, 0.25) is 0 Å². The third-order valence-electron chi connectivity index (χ3n) is 5.57. The maximum atomic E-state index is 13.0. The molecule has 0 bridgehead atoms. The van der Waals surface area contributed by atoms with Crippen molar-refractivity contribution in [2.45, 2.75) is 57.4 Å². The van der Waals surface area contributed by atoms with Crippen molar-refractivity contribution in [3.05, 3.63) is 35.9 Å². The fourth-order valence-corrected chi connectivity index (χ4v) is 4.25. The number of piperidine rings is 1. The first-order chi connectivity index (χ1) is 11.6. The maximum Gasteiger partial charge on any atom is 0.245 e. The van der Waals surface area contributed by atoms with E-state index in [9.17, 15) is 9.59 Å². The normalized spacial score (nSPS) is 20.8. The predicted octanol–water partition coefficient (Wildman–Crippen LogP) is 3.09. The number of hydrogen-bond donors (Lipinski definition) is 1. The van der Waals surface area contributed by atoms with Crippen LogP contribution < -0.4 is 5.32 Å². The lowest BCUT2D eigenvalue weighted by Gasteiger charge is -2.36. The highest BCUT2D eigenvalue weighted by Gasteiger charge is 2.35. The van der Waals surface area contributed by atoms with Gasteiger partial charge in [0.2, 0.25) is 11.8 Å². The molecule has 1 N–H and O–H groups in total. The zero-order chi connectivity index (χ0) is 16.9. The van der Waals surface area contributed by atoms with Gasteiger partial charge in [0.1, 0.15) is 6.04 Å². The highest BCUT2D eigenvalue weighted by Crippen LogP contribution is 2.31. The Balaban J connectivity index is 1.61. The monoisotopic (exact) mass is 328 g/mol. The van der Waals surface area contributed by atoms with Crippen molar-refractivity contribution in [1.29, 1.82) is 0 Å². The number of rotatable bonds is 4. The van der Waals surface area contributed by atoms with Crippen molar-refractivity contribution in [3.8, 4) is 0 Å². The molecule has 1 atom stereocenters. The summed E-state index contributed by atoms with van der Waals surface area (Å²) in [5.74, 6) is 0.886. The molecule has 2 aliphatic rings. The number of benzene rings is 1. The third kappa shape index (κ3) is 3.97. The van der Waals surface area contributed by atoms with Gasteiger partial charge < -0.3 is 10.2 Å². The molecule has 0 radical (unpaired) electrons. The number of hydrogen-bond acceptors (Lipinski definition) is 2. The molecule has 1 heterocycles. The first-order valence-corrected chi connectivity index (χ1v) is 9.26. The van der Waals surface area contributed by atoms with Gasteiger partial charge in [0.05, 0.1) is 0 Å². The van der Waals surface area contributed by atoms with Crippen molar-refractivity contribution < 1.29 is 9.59 Å². The molecule has 2 amide bonds.